The number of H-pyrrole nitrogens is 1. The average molecular weight is 385 g/mol. The van der Waals surface area contributed by atoms with Crippen molar-refractivity contribution in [2.45, 2.75) is 13.0 Å². The molecule has 4 aromatic rings. The molecule has 0 saturated carbocycles. The third-order valence-electron chi connectivity index (χ3n) is 4.17. The third-order valence-corrected chi connectivity index (χ3v) is 4.88. The van der Waals surface area contributed by atoms with Gasteiger partial charge in [0.25, 0.3) is 0 Å². The van der Waals surface area contributed by atoms with Gasteiger partial charge in [-0.05, 0) is 23.8 Å². The van der Waals surface area contributed by atoms with Crippen LogP contribution in [-0.4, -0.2) is 25.8 Å². The SMILES string of the molecule is O=C(Cc1cnn(Cc2c(Cl)cccc2Cl)c1)c1n[nH]c2ccccc12. The van der Waals surface area contributed by atoms with Gasteiger partial charge in [-0.15, -0.1) is 0 Å². The highest BCUT2D eigenvalue weighted by molar-refractivity contribution is 6.35. The van der Waals surface area contributed by atoms with Crippen LogP contribution in [0.3, 0.4) is 0 Å². The van der Waals surface area contributed by atoms with E-state index in [4.69, 9.17) is 23.2 Å². The molecule has 0 fully saturated rings. The maximum absolute atomic E-state index is 12.6. The molecule has 0 bridgehead atoms. The van der Waals surface area contributed by atoms with E-state index >= 15 is 0 Å². The molecule has 2 aromatic carbocycles. The van der Waals surface area contributed by atoms with Crippen LogP contribution in [0.1, 0.15) is 21.6 Å². The van der Waals surface area contributed by atoms with E-state index in [1.165, 1.54) is 0 Å². The van der Waals surface area contributed by atoms with Gasteiger partial charge in [0.05, 0.1) is 18.3 Å². The molecular weight excluding hydrogens is 371 g/mol. The molecule has 0 spiro atoms. The Kier molecular flexibility index (Phi) is 4.49. The Morgan fingerprint density at radius 1 is 1.08 bits per heavy atom. The van der Waals surface area contributed by atoms with E-state index in [1.807, 2.05) is 30.5 Å². The first-order chi connectivity index (χ1) is 12.6. The molecule has 0 aliphatic carbocycles. The number of fused-ring (bicyclic) bond motifs is 1. The fourth-order valence-electron chi connectivity index (χ4n) is 2.87. The molecule has 5 nitrogen and oxygen atoms in total. The number of nitrogens with zero attached hydrogens (tertiary/aromatic N) is 3. The lowest BCUT2D eigenvalue weighted by molar-refractivity contribution is 0.0989. The number of nitrogens with one attached hydrogen (secondary N) is 1. The minimum absolute atomic E-state index is 0.0576. The highest BCUT2D eigenvalue weighted by atomic mass is 35.5. The second-order valence-corrected chi connectivity index (χ2v) is 6.78. The standard InChI is InChI=1S/C19H14Cl2N4O/c20-15-5-3-6-16(21)14(15)11-25-10-12(9-22-25)8-18(26)19-13-4-1-2-7-17(13)23-24-19/h1-7,9-10H,8,11H2,(H,23,24). The van der Waals surface area contributed by atoms with Gasteiger partial charge in [-0.2, -0.15) is 10.2 Å². The van der Waals surface area contributed by atoms with E-state index in [9.17, 15) is 4.79 Å². The number of carbonyl (C=O) groups is 1. The maximum Gasteiger partial charge on any atom is 0.188 e. The smallest absolute Gasteiger partial charge is 0.188 e. The Morgan fingerprint density at radius 2 is 1.85 bits per heavy atom. The quantitative estimate of drug-likeness (QED) is 0.513. The molecule has 0 radical (unpaired) electrons. The van der Waals surface area contributed by atoms with E-state index in [1.54, 1.807) is 29.1 Å². The normalized spacial score (nSPS) is 11.2. The number of benzene rings is 2. The van der Waals surface area contributed by atoms with Crippen LogP contribution in [-0.2, 0) is 13.0 Å². The molecule has 0 saturated heterocycles. The topological polar surface area (TPSA) is 63.6 Å². The van der Waals surface area contributed by atoms with E-state index < -0.39 is 0 Å². The molecule has 4 rings (SSSR count). The van der Waals surface area contributed by atoms with Crippen LogP contribution >= 0.6 is 23.2 Å². The number of halogens is 2. The van der Waals surface area contributed by atoms with Crippen molar-refractivity contribution in [2.75, 3.05) is 0 Å². The summed E-state index contributed by atoms with van der Waals surface area (Å²) in [7, 11) is 0. The number of aromatic nitrogens is 4. The first kappa shape index (κ1) is 16.8. The minimum Gasteiger partial charge on any atom is -0.292 e. The second-order valence-electron chi connectivity index (χ2n) is 5.96. The van der Waals surface area contributed by atoms with Crippen molar-refractivity contribution in [1.29, 1.82) is 0 Å². The van der Waals surface area contributed by atoms with Crippen LogP contribution in [0.15, 0.2) is 54.9 Å². The summed E-state index contributed by atoms with van der Waals surface area (Å²) in [5.74, 6) is -0.0576. The summed E-state index contributed by atoms with van der Waals surface area (Å²) < 4.78 is 1.72. The first-order valence-corrected chi connectivity index (χ1v) is 8.78. The fourth-order valence-corrected chi connectivity index (χ4v) is 3.39. The van der Waals surface area contributed by atoms with Gasteiger partial charge < -0.3 is 0 Å². The molecule has 0 amide bonds. The minimum atomic E-state index is -0.0576. The van der Waals surface area contributed by atoms with E-state index in [-0.39, 0.29) is 12.2 Å². The zero-order valence-corrected chi connectivity index (χ0v) is 15.1. The van der Waals surface area contributed by atoms with E-state index in [0.717, 1.165) is 22.0 Å². The zero-order valence-electron chi connectivity index (χ0n) is 13.6. The van der Waals surface area contributed by atoms with Crippen molar-refractivity contribution in [3.05, 3.63) is 81.7 Å². The Hall–Kier alpha value is -2.63. The van der Waals surface area contributed by atoms with Gasteiger partial charge in [0.1, 0.15) is 5.69 Å². The number of hydrogen-bond acceptors (Lipinski definition) is 3. The monoisotopic (exact) mass is 384 g/mol. The molecule has 0 unspecified atom stereocenters. The van der Waals surface area contributed by atoms with Crippen LogP contribution in [0, 0.1) is 0 Å². The number of Topliss-reactive ketones (excluding diaryl/α,β-unsaturated/α-hetero) is 1. The lowest BCUT2D eigenvalue weighted by Gasteiger charge is -2.06. The summed E-state index contributed by atoms with van der Waals surface area (Å²) in [6.45, 7) is 0.442. The van der Waals surface area contributed by atoms with Gasteiger partial charge in [-0.3, -0.25) is 14.6 Å². The van der Waals surface area contributed by atoms with Crippen molar-refractivity contribution >= 4 is 39.9 Å². The summed E-state index contributed by atoms with van der Waals surface area (Å²) in [6, 6.07) is 13.0. The van der Waals surface area contributed by atoms with Crippen LogP contribution in [0.4, 0.5) is 0 Å². The summed E-state index contributed by atoms with van der Waals surface area (Å²) in [4.78, 5) is 12.6. The van der Waals surface area contributed by atoms with Gasteiger partial charge >= 0.3 is 0 Å². The molecule has 130 valence electrons. The van der Waals surface area contributed by atoms with Crippen LogP contribution < -0.4 is 0 Å². The van der Waals surface area contributed by atoms with Gasteiger partial charge in [-0.1, -0.05) is 47.5 Å². The molecule has 0 aliphatic heterocycles. The Labute approximate surface area is 159 Å². The molecule has 2 aromatic heterocycles. The van der Waals surface area contributed by atoms with Crippen LogP contribution in [0.5, 0.6) is 0 Å². The summed E-state index contributed by atoms with van der Waals surface area (Å²) in [5, 5.41) is 13.4. The number of ketones is 1. The lowest BCUT2D eigenvalue weighted by atomic mass is 10.1. The van der Waals surface area contributed by atoms with E-state index in [0.29, 0.717) is 22.3 Å². The summed E-state index contributed by atoms with van der Waals surface area (Å²) >= 11 is 12.4. The highest BCUT2D eigenvalue weighted by Gasteiger charge is 2.15. The molecule has 0 atom stereocenters. The highest BCUT2D eigenvalue weighted by Crippen LogP contribution is 2.25. The molecule has 7 heteroatoms. The number of rotatable bonds is 5. The van der Waals surface area contributed by atoms with Crippen molar-refractivity contribution in [3.63, 3.8) is 0 Å². The van der Waals surface area contributed by atoms with Gasteiger partial charge in [0, 0.05) is 33.6 Å². The third kappa shape index (κ3) is 3.23. The summed E-state index contributed by atoms with van der Waals surface area (Å²) in [6.07, 6.45) is 3.73. The Bertz CT molecular complexity index is 1080. The van der Waals surface area contributed by atoms with Gasteiger partial charge in [0.2, 0.25) is 0 Å². The first-order valence-electron chi connectivity index (χ1n) is 8.02. The van der Waals surface area contributed by atoms with E-state index in [2.05, 4.69) is 15.3 Å². The number of carbonyl (C=O) groups excluding carboxylic acids is 1. The Balaban J connectivity index is 1.52. The van der Waals surface area contributed by atoms with Crippen molar-refractivity contribution in [2.24, 2.45) is 0 Å². The zero-order chi connectivity index (χ0) is 18.1. The largest absolute Gasteiger partial charge is 0.292 e. The van der Waals surface area contributed by atoms with Gasteiger partial charge in [0.15, 0.2) is 5.78 Å². The number of para-hydroxylation sites is 1. The van der Waals surface area contributed by atoms with Crippen LogP contribution in [0.2, 0.25) is 10.0 Å². The lowest BCUT2D eigenvalue weighted by Crippen LogP contribution is -2.04. The fraction of sp³-hybridized carbons (Fsp3) is 0.105. The molecule has 2 heterocycles. The maximum atomic E-state index is 12.6. The van der Waals surface area contributed by atoms with Crippen LogP contribution in [0.25, 0.3) is 10.9 Å². The predicted molar refractivity (Wildman–Crippen MR) is 102 cm³/mol. The average Bonchev–Trinajstić information content (AvgIpc) is 3.25. The molecule has 26 heavy (non-hydrogen) atoms. The van der Waals surface area contributed by atoms with Crippen molar-refractivity contribution in [3.8, 4) is 0 Å². The summed E-state index contributed by atoms with van der Waals surface area (Å²) in [5.41, 5.74) is 2.91. The molecule has 0 aliphatic rings. The predicted octanol–water partition coefficient (Wildman–Crippen LogP) is 4.54. The van der Waals surface area contributed by atoms with Gasteiger partial charge in [-0.25, -0.2) is 0 Å². The second kappa shape index (κ2) is 6.94. The Morgan fingerprint density at radius 3 is 2.65 bits per heavy atom. The van der Waals surface area contributed by atoms with Crippen molar-refractivity contribution in [1.82, 2.24) is 20.0 Å². The molecular formula is C19H14Cl2N4O. The number of aromatic amines is 1. The number of hydrogen-bond donors (Lipinski definition) is 1. The molecule has 1 N–H and O–H groups in total. The van der Waals surface area contributed by atoms with Crippen molar-refractivity contribution < 1.29 is 4.79 Å².